The molecule has 0 aliphatic rings. The third-order valence-electron chi connectivity index (χ3n) is 3.05. The molecule has 3 nitrogen and oxygen atoms in total. The summed E-state index contributed by atoms with van der Waals surface area (Å²) >= 11 is 0. The van der Waals surface area contributed by atoms with E-state index < -0.39 is 0 Å². The second-order valence-corrected chi connectivity index (χ2v) is 6.91. The minimum atomic E-state index is 0.0848. The van der Waals surface area contributed by atoms with Crippen LogP contribution < -0.4 is 5.32 Å². The summed E-state index contributed by atoms with van der Waals surface area (Å²) < 4.78 is 2.54. The van der Waals surface area contributed by atoms with Crippen LogP contribution in [-0.2, 0) is 0 Å². The normalized spacial score (nSPS) is 13.7. The van der Waals surface area contributed by atoms with Crippen molar-refractivity contribution in [2.45, 2.75) is 19.8 Å². The van der Waals surface area contributed by atoms with Crippen molar-refractivity contribution in [1.29, 1.82) is 0 Å². The Morgan fingerprint density at radius 3 is 2.38 bits per heavy atom. The first-order chi connectivity index (χ1) is 7.61. The second-order valence-electron chi connectivity index (χ2n) is 4.47. The summed E-state index contributed by atoms with van der Waals surface area (Å²) in [4.78, 5) is 2.39. The molecule has 0 amide bonds. The fourth-order valence-electron chi connectivity index (χ4n) is 1.55. The molecule has 0 aliphatic heterocycles. The van der Waals surface area contributed by atoms with Crippen molar-refractivity contribution < 1.29 is 0 Å². The largest absolute Gasteiger partial charge is 0.320 e. The third kappa shape index (κ3) is 8.46. The summed E-state index contributed by atoms with van der Waals surface area (Å²) in [7, 11) is 6.58. The lowest BCUT2D eigenvalue weighted by Gasteiger charge is -2.25. The van der Waals surface area contributed by atoms with Crippen LogP contribution in [0, 0.1) is 0 Å². The Morgan fingerprint density at radius 2 is 1.81 bits per heavy atom. The van der Waals surface area contributed by atoms with E-state index in [-0.39, 0.29) is 8.07 Å². The van der Waals surface area contributed by atoms with Crippen molar-refractivity contribution in [3.63, 3.8) is 0 Å². The first-order valence-corrected chi connectivity index (χ1v) is 8.29. The zero-order valence-corrected chi connectivity index (χ0v) is 12.7. The average Bonchev–Trinajstić information content (AvgIpc) is 2.28. The summed E-state index contributed by atoms with van der Waals surface area (Å²) in [5.74, 6) is 0. The minimum Gasteiger partial charge on any atom is -0.320 e. The highest BCUT2D eigenvalue weighted by Crippen LogP contribution is 2.34. The molecule has 1 unspecified atom stereocenters. The van der Waals surface area contributed by atoms with Crippen molar-refractivity contribution in [1.82, 2.24) is 14.9 Å². The Labute approximate surface area is 103 Å². The molecule has 98 valence electrons. The maximum absolute atomic E-state index is 3.20. The first-order valence-electron chi connectivity index (χ1n) is 6.37. The molecule has 0 aromatic heterocycles. The number of hydrogen-bond donors (Lipinski definition) is 1. The quantitative estimate of drug-likeness (QED) is 0.470. The molecule has 0 aromatic rings. The van der Waals surface area contributed by atoms with E-state index in [0.717, 1.165) is 6.54 Å². The smallest absolute Gasteiger partial charge is 0.00298 e. The van der Waals surface area contributed by atoms with Crippen LogP contribution in [0.2, 0.25) is 0 Å². The Hall–Kier alpha value is 0.310. The summed E-state index contributed by atoms with van der Waals surface area (Å²) in [6.45, 7) is 9.39. The monoisotopic (exact) mass is 247 g/mol. The maximum atomic E-state index is 3.20. The molecule has 1 N–H and O–H groups in total. The average molecular weight is 247 g/mol. The van der Waals surface area contributed by atoms with E-state index in [1.54, 1.807) is 0 Å². The molecular formula is C12H30N3P. The number of nitrogens with one attached hydrogen (secondary N) is 1. The summed E-state index contributed by atoms with van der Waals surface area (Å²) in [5, 5.41) is 3.20. The zero-order valence-electron chi connectivity index (χ0n) is 11.8. The highest BCUT2D eigenvalue weighted by atomic mass is 31.1. The Balaban J connectivity index is 3.50. The van der Waals surface area contributed by atoms with Crippen molar-refractivity contribution in [3.8, 4) is 0 Å². The topological polar surface area (TPSA) is 18.5 Å². The van der Waals surface area contributed by atoms with Gasteiger partial charge < -0.3 is 10.2 Å². The van der Waals surface area contributed by atoms with Crippen molar-refractivity contribution in [2.24, 2.45) is 0 Å². The number of nitrogens with zero attached hydrogens (tertiary/aromatic N) is 2. The van der Waals surface area contributed by atoms with E-state index in [1.807, 2.05) is 7.05 Å². The third-order valence-corrected chi connectivity index (χ3v) is 5.38. The highest BCUT2D eigenvalue weighted by molar-refractivity contribution is 7.54. The van der Waals surface area contributed by atoms with Crippen LogP contribution in [0.5, 0.6) is 0 Å². The molecule has 0 fully saturated rings. The molecule has 0 aromatic carbocycles. The van der Waals surface area contributed by atoms with E-state index in [9.17, 15) is 0 Å². The predicted octanol–water partition coefficient (Wildman–Crippen LogP) is 1.90. The van der Waals surface area contributed by atoms with Gasteiger partial charge in [-0.05, 0) is 74.5 Å². The van der Waals surface area contributed by atoms with E-state index in [4.69, 9.17) is 0 Å². The van der Waals surface area contributed by atoms with Gasteiger partial charge in [-0.3, -0.25) is 4.67 Å². The van der Waals surface area contributed by atoms with Gasteiger partial charge in [-0.15, -0.1) is 0 Å². The lowest BCUT2D eigenvalue weighted by molar-refractivity contribution is 0.353. The summed E-state index contributed by atoms with van der Waals surface area (Å²) in [6, 6.07) is 0. The van der Waals surface area contributed by atoms with E-state index in [2.05, 4.69) is 42.6 Å². The molecule has 0 rings (SSSR count). The van der Waals surface area contributed by atoms with Crippen molar-refractivity contribution >= 4 is 8.07 Å². The Bertz CT molecular complexity index is 155. The van der Waals surface area contributed by atoms with Gasteiger partial charge in [0.1, 0.15) is 0 Å². The molecule has 0 saturated heterocycles. The van der Waals surface area contributed by atoms with Crippen molar-refractivity contribution in [2.75, 3.05) is 60.1 Å². The SMILES string of the molecule is CCN(C)CCCP(C)N(C)CCCNC. The molecule has 1 atom stereocenters. The van der Waals surface area contributed by atoms with Gasteiger partial charge in [0, 0.05) is 6.54 Å². The van der Waals surface area contributed by atoms with E-state index in [0.29, 0.717) is 0 Å². The van der Waals surface area contributed by atoms with Crippen LogP contribution in [0.25, 0.3) is 0 Å². The molecular weight excluding hydrogens is 217 g/mol. The van der Waals surface area contributed by atoms with Crippen LogP contribution >= 0.6 is 8.07 Å². The minimum absolute atomic E-state index is 0.0848. The van der Waals surface area contributed by atoms with E-state index in [1.165, 1.54) is 38.6 Å². The molecule has 0 heterocycles. The van der Waals surface area contributed by atoms with Crippen molar-refractivity contribution in [3.05, 3.63) is 0 Å². The van der Waals surface area contributed by atoms with Crippen LogP contribution in [-0.4, -0.2) is 69.7 Å². The van der Waals surface area contributed by atoms with Gasteiger partial charge in [-0.2, -0.15) is 0 Å². The zero-order chi connectivity index (χ0) is 12.4. The van der Waals surface area contributed by atoms with Gasteiger partial charge >= 0.3 is 0 Å². The fourth-order valence-corrected chi connectivity index (χ4v) is 2.98. The maximum Gasteiger partial charge on any atom is 0.00298 e. The van der Waals surface area contributed by atoms with Gasteiger partial charge in [-0.25, -0.2) is 0 Å². The van der Waals surface area contributed by atoms with Crippen LogP contribution in [0.3, 0.4) is 0 Å². The lowest BCUT2D eigenvalue weighted by Crippen LogP contribution is -2.22. The number of rotatable bonds is 10. The molecule has 0 aliphatic carbocycles. The molecule has 0 radical (unpaired) electrons. The molecule has 4 heteroatoms. The Kier molecular flexibility index (Phi) is 10.7. The van der Waals surface area contributed by atoms with Gasteiger partial charge in [0.25, 0.3) is 0 Å². The molecule has 0 saturated carbocycles. The van der Waals surface area contributed by atoms with Gasteiger partial charge in [-0.1, -0.05) is 6.92 Å². The van der Waals surface area contributed by atoms with E-state index >= 15 is 0 Å². The standard InChI is InChI=1S/C12H30N3P/c1-6-14(3)10-8-12-16(5)15(4)11-7-9-13-2/h13H,6-12H2,1-5H3. The Morgan fingerprint density at radius 1 is 1.12 bits per heavy atom. The molecule has 16 heavy (non-hydrogen) atoms. The summed E-state index contributed by atoms with van der Waals surface area (Å²) in [6.07, 6.45) is 3.97. The predicted molar refractivity (Wildman–Crippen MR) is 76.7 cm³/mol. The number of hydrogen-bond acceptors (Lipinski definition) is 3. The molecule has 0 spiro atoms. The highest BCUT2D eigenvalue weighted by Gasteiger charge is 2.08. The summed E-state index contributed by atoms with van der Waals surface area (Å²) in [5.41, 5.74) is 0. The van der Waals surface area contributed by atoms with Crippen LogP contribution in [0.1, 0.15) is 19.8 Å². The molecule has 0 bridgehead atoms. The van der Waals surface area contributed by atoms with Crippen LogP contribution in [0.4, 0.5) is 0 Å². The first kappa shape index (κ1) is 16.3. The van der Waals surface area contributed by atoms with Gasteiger partial charge in [0.15, 0.2) is 0 Å². The fraction of sp³-hybridized carbons (Fsp3) is 1.00. The lowest BCUT2D eigenvalue weighted by atomic mass is 10.4. The van der Waals surface area contributed by atoms with Gasteiger partial charge in [0.05, 0.1) is 0 Å². The van der Waals surface area contributed by atoms with Crippen LogP contribution in [0.15, 0.2) is 0 Å². The second kappa shape index (κ2) is 10.5. The van der Waals surface area contributed by atoms with Gasteiger partial charge in [0.2, 0.25) is 0 Å².